The lowest BCUT2D eigenvalue weighted by Crippen LogP contribution is -2.12. The van der Waals surface area contributed by atoms with Crippen molar-refractivity contribution < 1.29 is 39.5 Å². The molecule has 0 aliphatic heterocycles. The van der Waals surface area contributed by atoms with Gasteiger partial charge in [0, 0.05) is 21.5 Å². The van der Waals surface area contributed by atoms with E-state index >= 15 is 13.2 Å². The van der Waals surface area contributed by atoms with Crippen molar-refractivity contribution in [1.29, 1.82) is 5.26 Å². The largest absolute Gasteiger partial charge is 0.417 e. The number of rotatable bonds is 3. The van der Waals surface area contributed by atoms with E-state index in [1.54, 1.807) is 48.5 Å². The van der Waals surface area contributed by atoms with Crippen LogP contribution >= 0.6 is 0 Å². The highest BCUT2D eigenvalue weighted by Crippen LogP contribution is 2.46. The monoisotopic (exact) mass is 713 g/mol. The number of nitriles is 1. The molecule has 8 aromatic rings. The summed E-state index contributed by atoms with van der Waals surface area (Å²) in [5.41, 5.74) is -3.30. The Morgan fingerprint density at radius 2 is 0.923 bits per heavy atom. The van der Waals surface area contributed by atoms with Crippen molar-refractivity contribution in [3.63, 3.8) is 0 Å². The highest BCUT2D eigenvalue weighted by molar-refractivity contribution is 6.12. The summed E-state index contributed by atoms with van der Waals surface area (Å²) in [5.74, 6) is 0. The number of aromatic nitrogens is 2. The van der Waals surface area contributed by atoms with Gasteiger partial charge < -0.3 is 9.13 Å². The fraction of sp³-hybridized carbons (Fsp3) is 0.0750. The van der Waals surface area contributed by atoms with Gasteiger partial charge in [0.15, 0.2) is 0 Å². The third kappa shape index (κ3) is 5.23. The summed E-state index contributed by atoms with van der Waals surface area (Å²) in [5, 5.41) is 11.2. The van der Waals surface area contributed by atoms with E-state index in [1.165, 1.54) is 51.6 Å². The highest BCUT2D eigenvalue weighted by atomic mass is 19.4. The summed E-state index contributed by atoms with van der Waals surface area (Å²) in [6, 6.07) is 28.4. The van der Waals surface area contributed by atoms with Gasteiger partial charge in [-0.25, -0.2) is 0 Å². The quantitative estimate of drug-likeness (QED) is 0.168. The lowest BCUT2D eigenvalue weighted by molar-refractivity contribution is -0.138. The molecule has 2 aromatic heterocycles. The molecule has 0 bridgehead atoms. The smallest absolute Gasteiger partial charge is 0.307 e. The van der Waals surface area contributed by atoms with Gasteiger partial charge in [0.25, 0.3) is 0 Å². The van der Waals surface area contributed by atoms with Crippen LogP contribution in [0.2, 0.25) is 0 Å². The van der Waals surface area contributed by atoms with Crippen molar-refractivity contribution in [2.24, 2.45) is 0 Å². The minimum atomic E-state index is -5.02. The molecule has 0 fully saturated rings. The van der Waals surface area contributed by atoms with Crippen LogP contribution in [0.3, 0.4) is 0 Å². The van der Waals surface area contributed by atoms with Gasteiger partial charge >= 0.3 is 18.5 Å². The molecule has 0 unspecified atom stereocenters. The predicted octanol–water partition coefficient (Wildman–Crippen LogP) is 12.5. The van der Waals surface area contributed by atoms with Crippen molar-refractivity contribution in [3.05, 3.63) is 144 Å². The first-order valence-electron chi connectivity index (χ1n) is 15.6. The van der Waals surface area contributed by atoms with Gasteiger partial charge in [0.05, 0.1) is 61.8 Å². The zero-order chi connectivity index (χ0) is 36.7. The third-order valence-corrected chi connectivity index (χ3v) is 9.21. The van der Waals surface area contributed by atoms with E-state index in [1.807, 2.05) is 6.07 Å². The van der Waals surface area contributed by atoms with Crippen LogP contribution in [0.4, 0.5) is 39.5 Å². The Kier molecular flexibility index (Phi) is 7.22. The SMILES string of the molecule is N#Cc1cccc(-c2cc(-n3c4ccccc4c4ccc(C(F)(F)F)cc43)c(-n3c4ccccc4c4ccc(C(F)(F)F)cc43)cc2C(F)(F)F)c1. The van der Waals surface area contributed by atoms with Crippen LogP contribution in [0.15, 0.2) is 121 Å². The van der Waals surface area contributed by atoms with Crippen LogP contribution in [-0.4, -0.2) is 9.13 Å². The Morgan fingerprint density at radius 3 is 1.40 bits per heavy atom. The normalized spacial score (nSPS) is 12.7. The summed E-state index contributed by atoms with van der Waals surface area (Å²) in [6.07, 6.45) is -14.6. The second kappa shape index (κ2) is 11.4. The van der Waals surface area contributed by atoms with Crippen LogP contribution < -0.4 is 0 Å². The Bertz CT molecular complexity index is 2770. The van der Waals surface area contributed by atoms with Gasteiger partial charge in [-0.3, -0.25) is 0 Å². The average Bonchev–Trinajstić information content (AvgIpc) is 3.62. The Morgan fingerprint density at radius 1 is 0.442 bits per heavy atom. The molecule has 0 N–H and O–H groups in total. The number of halogens is 9. The predicted molar refractivity (Wildman–Crippen MR) is 180 cm³/mol. The maximum atomic E-state index is 15.2. The first-order chi connectivity index (χ1) is 24.6. The van der Waals surface area contributed by atoms with Crippen LogP contribution in [0.5, 0.6) is 0 Å². The molecule has 8 rings (SSSR count). The van der Waals surface area contributed by atoms with E-state index in [0.717, 1.165) is 30.3 Å². The second-order valence-electron chi connectivity index (χ2n) is 12.2. The van der Waals surface area contributed by atoms with Crippen molar-refractivity contribution in [2.75, 3.05) is 0 Å². The maximum Gasteiger partial charge on any atom is 0.417 e. The van der Waals surface area contributed by atoms with Gasteiger partial charge in [0.2, 0.25) is 0 Å². The van der Waals surface area contributed by atoms with Crippen LogP contribution in [0, 0.1) is 11.3 Å². The number of benzene rings is 6. The molecule has 0 amide bonds. The second-order valence-corrected chi connectivity index (χ2v) is 12.2. The number of fused-ring (bicyclic) bond motifs is 6. The number of hydrogen-bond donors (Lipinski definition) is 0. The zero-order valence-electron chi connectivity index (χ0n) is 26.3. The molecule has 0 radical (unpaired) electrons. The van der Waals surface area contributed by atoms with Crippen molar-refractivity contribution in [2.45, 2.75) is 18.5 Å². The summed E-state index contributed by atoms with van der Waals surface area (Å²) in [6.45, 7) is 0. The number of nitrogens with zero attached hydrogens (tertiary/aromatic N) is 3. The molecule has 3 nitrogen and oxygen atoms in total. The molecular formula is C40H20F9N3. The topological polar surface area (TPSA) is 33.6 Å². The zero-order valence-corrected chi connectivity index (χ0v) is 26.3. The lowest BCUT2D eigenvalue weighted by Gasteiger charge is -2.22. The summed E-state index contributed by atoms with van der Waals surface area (Å²) in [7, 11) is 0. The van der Waals surface area contributed by atoms with E-state index < -0.39 is 40.8 Å². The average molecular weight is 714 g/mol. The summed E-state index contributed by atoms with van der Waals surface area (Å²) < 4.78 is 133. The molecule has 12 heteroatoms. The van der Waals surface area contributed by atoms with Gasteiger partial charge in [-0.1, -0.05) is 60.7 Å². The van der Waals surface area contributed by atoms with Crippen molar-refractivity contribution >= 4 is 43.6 Å². The molecule has 0 aliphatic rings. The first kappa shape index (κ1) is 33.0. The molecule has 0 spiro atoms. The van der Waals surface area contributed by atoms with Gasteiger partial charge in [-0.05, 0) is 71.8 Å². The Hall–Kier alpha value is -6.22. The molecule has 0 saturated heterocycles. The minimum absolute atomic E-state index is 0.00231. The van der Waals surface area contributed by atoms with E-state index in [0.29, 0.717) is 27.1 Å². The Balaban J connectivity index is 1.61. The van der Waals surface area contributed by atoms with Crippen LogP contribution in [0.25, 0.3) is 66.1 Å². The number of para-hydroxylation sites is 2. The highest BCUT2D eigenvalue weighted by Gasteiger charge is 2.37. The maximum absolute atomic E-state index is 15.2. The fourth-order valence-corrected chi connectivity index (χ4v) is 6.98. The lowest BCUT2D eigenvalue weighted by atomic mass is 9.95. The fourth-order valence-electron chi connectivity index (χ4n) is 6.98. The van der Waals surface area contributed by atoms with E-state index in [2.05, 4.69) is 0 Å². The molecule has 258 valence electrons. The van der Waals surface area contributed by atoms with Crippen LogP contribution in [0.1, 0.15) is 22.3 Å². The van der Waals surface area contributed by atoms with Crippen LogP contribution in [-0.2, 0) is 18.5 Å². The van der Waals surface area contributed by atoms with E-state index in [4.69, 9.17) is 0 Å². The molecule has 2 heterocycles. The van der Waals surface area contributed by atoms with E-state index in [-0.39, 0.29) is 39.1 Å². The molecule has 52 heavy (non-hydrogen) atoms. The molecule has 6 aromatic carbocycles. The molecule has 0 saturated carbocycles. The molecular weight excluding hydrogens is 693 g/mol. The first-order valence-corrected chi connectivity index (χ1v) is 15.6. The Labute approximate surface area is 288 Å². The standard InChI is InChI=1S/C40H20F9N3/c41-38(42,43)24-12-14-28-26-8-1-3-10-32(26)51(34(28)17-24)36-19-30(23-7-5-6-22(16-23)21-50)31(40(47,48)49)20-37(36)52-33-11-4-2-9-27(33)29-15-13-25(18-35(29)52)39(44,45)46/h1-20H. The van der Waals surface area contributed by atoms with Gasteiger partial charge in [-0.15, -0.1) is 0 Å². The number of alkyl halides is 9. The molecule has 0 aliphatic carbocycles. The van der Waals surface area contributed by atoms with Crippen molar-refractivity contribution in [1.82, 2.24) is 9.13 Å². The third-order valence-electron chi connectivity index (χ3n) is 9.21. The molecule has 0 atom stereocenters. The van der Waals surface area contributed by atoms with E-state index in [9.17, 15) is 31.6 Å². The number of hydrogen-bond acceptors (Lipinski definition) is 1. The summed E-state index contributed by atoms with van der Waals surface area (Å²) >= 11 is 0. The van der Waals surface area contributed by atoms with Gasteiger partial charge in [-0.2, -0.15) is 44.8 Å². The van der Waals surface area contributed by atoms with Crippen molar-refractivity contribution in [3.8, 4) is 28.6 Å². The van der Waals surface area contributed by atoms with Gasteiger partial charge in [0.1, 0.15) is 0 Å². The minimum Gasteiger partial charge on any atom is -0.307 e. The summed E-state index contributed by atoms with van der Waals surface area (Å²) in [4.78, 5) is 0.